The highest BCUT2D eigenvalue weighted by atomic mass is 19.1. The first kappa shape index (κ1) is 18.6. The summed E-state index contributed by atoms with van der Waals surface area (Å²) in [4.78, 5) is 27.1. The van der Waals surface area contributed by atoms with Crippen molar-refractivity contribution in [3.05, 3.63) is 59.7 Å². The van der Waals surface area contributed by atoms with Gasteiger partial charge >= 0.3 is 0 Å². The normalized spacial score (nSPS) is 10.4. The highest BCUT2D eigenvalue weighted by molar-refractivity contribution is 6.03. The first-order valence-corrected chi connectivity index (χ1v) is 7.93. The minimum atomic E-state index is -0.887. The molecule has 2 aromatic carbocycles. The second-order valence-corrected chi connectivity index (χ2v) is 5.68. The molecule has 0 aliphatic heterocycles. The van der Waals surface area contributed by atoms with Crippen molar-refractivity contribution in [1.82, 2.24) is 0 Å². The first-order chi connectivity index (χ1) is 11.8. The van der Waals surface area contributed by atoms with Crippen molar-refractivity contribution in [3.63, 3.8) is 0 Å². The van der Waals surface area contributed by atoms with Gasteiger partial charge in [0.1, 0.15) is 18.2 Å². The number of carbonyl (C=O) groups is 2. The highest BCUT2D eigenvalue weighted by Gasteiger charge is 2.23. The molecule has 0 bridgehead atoms. The molecular weight excluding hydrogens is 326 g/mol. The number of hydrogen-bond donors (Lipinski definition) is 0. The number of benzene rings is 2. The Kier molecular flexibility index (Phi) is 5.85. The molecule has 2 amide bonds. The monoisotopic (exact) mass is 346 g/mol. The lowest BCUT2D eigenvalue weighted by Gasteiger charge is -2.26. The number of aryl methyl sites for hydroxylation is 1. The van der Waals surface area contributed by atoms with Gasteiger partial charge in [-0.05, 0) is 43.7 Å². The van der Waals surface area contributed by atoms with Crippen molar-refractivity contribution < 1.29 is 18.4 Å². The molecule has 2 rings (SSSR count). The predicted molar refractivity (Wildman–Crippen MR) is 93.6 cm³/mol. The van der Waals surface area contributed by atoms with E-state index in [1.807, 2.05) is 32.0 Å². The summed E-state index contributed by atoms with van der Waals surface area (Å²) in [6, 6.07) is 10.3. The number of halogens is 2. The van der Waals surface area contributed by atoms with E-state index in [2.05, 4.69) is 0 Å². The third-order valence-corrected chi connectivity index (χ3v) is 3.80. The zero-order valence-corrected chi connectivity index (χ0v) is 14.4. The number of likely N-dealkylation sites (N-methyl/N-ethyl adjacent to an activating group) is 1. The summed E-state index contributed by atoms with van der Waals surface area (Å²) in [5.74, 6) is -2.49. The molecule has 0 heterocycles. The molecule has 4 nitrogen and oxygen atoms in total. The van der Waals surface area contributed by atoms with E-state index >= 15 is 0 Å². The van der Waals surface area contributed by atoms with Crippen LogP contribution in [0.25, 0.3) is 0 Å². The smallest absolute Gasteiger partial charge is 0.247 e. The Hall–Kier alpha value is -2.76. The molecule has 25 heavy (non-hydrogen) atoms. The van der Waals surface area contributed by atoms with Crippen LogP contribution in [0.15, 0.2) is 42.5 Å². The van der Waals surface area contributed by atoms with E-state index < -0.39 is 17.5 Å². The Morgan fingerprint density at radius 1 is 1.04 bits per heavy atom. The van der Waals surface area contributed by atoms with Crippen LogP contribution in [0.3, 0.4) is 0 Å². The molecule has 0 fully saturated rings. The Morgan fingerprint density at radius 3 is 2.32 bits per heavy atom. The fraction of sp³-hybridized carbons (Fsp3) is 0.263. The molecule has 2 aromatic rings. The predicted octanol–water partition coefficient (Wildman–Crippen LogP) is 3.68. The van der Waals surface area contributed by atoms with Gasteiger partial charge in [0.25, 0.3) is 0 Å². The summed E-state index contributed by atoms with van der Waals surface area (Å²) >= 11 is 0. The van der Waals surface area contributed by atoms with Crippen LogP contribution in [0, 0.1) is 18.6 Å². The van der Waals surface area contributed by atoms with Crippen LogP contribution in [-0.2, 0) is 9.59 Å². The molecule has 0 unspecified atom stereocenters. The van der Waals surface area contributed by atoms with Crippen molar-refractivity contribution in [2.75, 3.05) is 22.9 Å². The summed E-state index contributed by atoms with van der Waals surface area (Å²) < 4.78 is 27.1. The second-order valence-electron chi connectivity index (χ2n) is 5.68. The number of rotatable bonds is 5. The van der Waals surface area contributed by atoms with E-state index in [-0.39, 0.29) is 18.1 Å². The fourth-order valence-corrected chi connectivity index (χ4v) is 2.59. The van der Waals surface area contributed by atoms with E-state index in [1.54, 1.807) is 6.07 Å². The molecule has 0 radical (unpaired) electrons. The van der Waals surface area contributed by atoms with Crippen LogP contribution in [0.4, 0.5) is 20.2 Å². The van der Waals surface area contributed by atoms with Crippen molar-refractivity contribution in [2.24, 2.45) is 0 Å². The summed E-state index contributed by atoms with van der Waals surface area (Å²) in [6.45, 7) is 5.03. The van der Waals surface area contributed by atoms with Gasteiger partial charge in [-0.2, -0.15) is 0 Å². The highest BCUT2D eigenvalue weighted by Crippen LogP contribution is 2.22. The van der Waals surface area contributed by atoms with Gasteiger partial charge in [-0.3, -0.25) is 9.59 Å². The van der Waals surface area contributed by atoms with Gasteiger partial charge in [0.2, 0.25) is 11.8 Å². The lowest BCUT2D eigenvalue weighted by atomic mass is 10.2. The Bertz CT molecular complexity index is 793. The van der Waals surface area contributed by atoms with E-state index in [4.69, 9.17) is 0 Å². The molecule has 132 valence electrons. The Morgan fingerprint density at radius 2 is 1.76 bits per heavy atom. The van der Waals surface area contributed by atoms with Gasteiger partial charge in [0, 0.05) is 25.2 Å². The topological polar surface area (TPSA) is 40.6 Å². The fourth-order valence-electron chi connectivity index (χ4n) is 2.59. The van der Waals surface area contributed by atoms with E-state index in [1.165, 1.54) is 11.8 Å². The first-order valence-electron chi connectivity index (χ1n) is 7.93. The average Bonchev–Trinajstić information content (AvgIpc) is 2.54. The minimum absolute atomic E-state index is 0.123. The largest absolute Gasteiger partial charge is 0.311 e. The lowest BCUT2D eigenvalue weighted by Crippen LogP contribution is -2.42. The van der Waals surface area contributed by atoms with Crippen molar-refractivity contribution >= 4 is 23.2 Å². The summed E-state index contributed by atoms with van der Waals surface area (Å²) in [7, 11) is 0. The minimum Gasteiger partial charge on any atom is -0.311 e. The van der Waals surface area contributed by atoms with Crippen LogP contribution in [0.2, 0.25) is 0 Å². The van der Waals surface area contributed by atoms with Gasteiger partial charge in [-0.25, -0.2) is 8.78 Å². The number of amides is 2. The van der Waals surface area contributed by atoms with Crippen LogP contribution >= 0.6 is 0 Å². The number of nitrogens with zero attached hydrogens (tertiary/aromatic N) is 2. The maximum atomic E-state index is 14.0. The van der Waals surface area contributed by atoms with E-state index in [0.717, 1.165) is 22.6 Å². The van der Waals surface area contributed by atoms with Crippen molar-refractivity contribution in [1.29, 1.82) is 0 Å². The third-order valence-electron chi connectivity index (χ3n) is 3.80. The maximum Gasteiger partial charge on any atom is 0.247 e. The Balaban J connectivity index is 2.29. The standard InChI is InChI=1S/C19H20F2N2O2/c1-4-22(16-7-5-6-13(2)10-16)19(25)12-23(14(3)24)18-9-8-15(20)11-17(18)21/h5-11H,4,12H2,1-3H3. The number of hydrogen-bond acceptors (Lipinski definition) is 2. The number of anilines is 2. The zero-order valence-electron chi connectivity index (χ0n) is 14.4. The van der Waals surface area contributed by atoms with Crippen LogP contribution in [0.5, 0.6) is 0 Å². The van der Waals surface area contributed by atoms with Gasteiger partial charge in [0.15, 0.2) is 0 Å². The van der Waals surface area contributed by atoms with Crippen molar-refractivity contribution in [2.45, 2.75) is 20.8 Å². The molecule has 0 saturated heterocycles. The second kappa shape index (κ2) is 7.88. The van der Waals surface area contributed by atoms with Gasteiger partial charge in [0.05, 0.1) is 5.69 Å². The van der Waals surface area contributed by atoms with E-state index in [0.29, 0.717) is 18.3 Å². The third kappa shape index (κ3) is 4.41. The molecule has 0 aliphatic carbocycles. The van der Waals surface area contributed by atoms with E-state index in [9.17, 15) is 18.4 Å². The molecule has 0 atom stereocenters. The zero-order chi connectivity index (χ0) is 18.6. The van der Waals surface area contributed by atoms with Gasteiger partial charge in [-0.1, -0.05) is 12.1 Å². The quantitative estimate of drug-likeness (QED) is 0.829. The molecule has 0 aromatic heterocycles. The molecule has 6 heteroatoms. The summed E-state index contributed by atoms with van der Waals surface area (Å²) in [6.07, 6.45) is 0. The van der Waals surface area contributed by atoms with Crippen molar-refractivity contribution in [3.8, 4) is 0 Å². The molecule has 0 aliphatic rings. The Labute approximate surface area is 145 Å². The molecular formula is C19H20F2N2O2. The summed E-state index contributed by atoms with van der Waals surface area (Å²) in [5.41, 5.74) is 1.58. The van der Waals surface area contributed by atoms with Crippen LogP contribution in [0.1, 0.15) is 19.4 Å². The SMILES string of the molecule is CCN(C(=O)CN(C(C)=O)c1ccc(F)cc1F)c1cccc(C)c1. The van der Waals surface area contributed by atoms with Crippen LogP contribution < -0.4 is 9.80 Å². The summed E-state index contributed by atoms with van der Waals surface area (Å²) in [5, 5.41) is 0. The van der Waals surface area contributed by atoms with Crippen LogP contribution in [-0.4, -0.2) is 24.9 Å². The maximum absolute atomic E-state index is 14.0. The number of carbonyl (C=O) groups excluding carboxylic acids is 2. The van der Waals surface area contributed by atoms with Gasteiger partial charge in [-0.15, -0.1) is 0 Å². The lowest BCUT2D eigenvalue weighted by molar-refractivity contribution is -0.121. The molecule has 0 N–H and O–H groups in total. The molecule has 0 saturated carbocycles. The molecule has 0 spiro atoms. The van der Waals surface area contributed by atoms with Gasteiger partial charge < -0.3 is 9.80 Å². The average molecular weight is 346 g/mol.